The van der Waals surface area contributed by atoms with E-state index in [4.69, 9.17) is 16.3 Å². The van der Waals surface area contributed by atoms with Crippen molar-refractivity contribution < 1.29 is 19.7 Å². The number of esters is 1. The number of ether oxygens (including phenoxy) is 1. The minimum absolute atomic E-state index is 0.0550. The number of hydrazone groups is 1. The molecule has 0 saturated heterocycles. The molecule has 0 fully saturated rings. The molecule has 144 valence electrons. The summed E-state index contributed by atoms with van der Waals surface area (Å²) in [5, 5.41) is 26.6. The molecule has 28 heavy (non-hydrogen) atoms. The number of fused-ring (bicyclic) bond motifs is 1. The van der Waals surface area contributed by atoms with Crippen molar-refractivity contribution in [1.82, 2.24) is 5.01 Å². The number of hydrogen-bond donors (Lipinski definition) is 2. The van der Waals surface area contributed by atoms with Crippen LogP contribution in [0.4, 0.5) is 0 Å². The number of halogens is 1. The molecule has 6 nitrogen and oxygen atoms in total. The number of carbonyl (C=O) groups excluding carboxylic acids is 1. The molecule has 1 aliphatic rings. The monoisotopic (exact) mass is 398 g/mol. The number of hydrogen-bond acceptors (Lipinski definition) is 6. The first kappa shape index (κ1) is 19.5. The van der Waals surface area contributed by atoms with Gasteiger partial charge in [0.1, 0.15) is 5.75 Å². The van der Waals surface area contributed by atoms with Crippen molar-refractivity contribution in [2.24, 2.45) is 5.10 Å². The van der Waals surface area contributed by atoms with E-state index in [-0.39, 0.29) is 17.2 Å². The molecular weight excluding hydrogens is 380 g/mol. The standard InChI is InChI=1S/C21H19ClN2O4/c1-4-18-17-10-12(13-8-14(22)11-15(25)9-13)6-7-16(17)20(26)19(21(27)28-3)24(18)23-5-2/h4-11,25-26H,1-3H3/b18-4+,23-5-. The van der Waals surface area contributed by atoms with E-state index in [1.54, 1.807) is 37.3 Å². The number of allylic oxidation sites excluding steroid dienone is 1. The first-order valence-electron chi connectivity index (χ1n) is 8.52. The quantitative estimate of drug-likeness (QED) is 0.573. The Bertz CT molecular complexity index is 1020. The lowest BCUT2D eigenvalue weighted by Crippen LogP contribution is -2.28. The summed E-state index contributed by atoms with van der Waals surface area (Å²) in [6.45, 7) is 3.52. The molecule has 0 amide bonds. The third-order valence-corrected chi connectivity index (χ3v) is 4.53. The fraction of sp³-hybridized carbons (Fsp3) is 0.143. The van der Waals surface area contributed by atoms with Gasteiger partial charge in [-0.05, 0) is 55.3 Å². The SMILES string of the molecule is C/C=N\N1C(C(=O)OC)=C(O)c2ccc(-c3cc(O)cc(Cl)c3)cc2/C1=C\C. The number of nitrogens with zero attached hydrogens (tertiary/aromatic N) is 2. The summed E-state index contributed by atoms with van der Waals surface area (Å²) in [5.41, 5.74) is 3.21. The maximum atomic E-state index is 12.3. The zero-order chi connectivity index (χ0) is 20.4. The van der Waals surface area contributed by atoms with Gasteiger partial charge in [0.2, 0.25) is 0 Å². The van der Waals surface area contributed by atoms with Crippen LogP contribution in [0.15, 0.2) is 53.3 Å². The van der Waals surface area contributed by atoms with Gasteiger partial charge in [0, 0.05) is 22.4 Å². The normalized spacial score (nSPS) is 15.3. The largest absolute Gasteiger partial charge is 0.508 e. The summed E-state index contributed by atoms with van der Waals surface area (Å²) in [7, 11) is 1.25. The van der Waals surface area contributed by atoms with Gasteiger partial charge in [-0.25, -0.2) is 9.80 Å². The summed E-state index contributed by atoms with van der Waals surface area (Å²) >= 11 is 6.06. The summed E-state index contributed by atoms with van der Waals surface area (Å²) in [6.07, 6.45) is 3.31. The van der Waals surface area contributed by atoms with Crippen LogP contribution in [0.2, 0.25) is 5.02 Å². The number of rotatable bonds is 3. The summed E-state index contributed by atoms with van der Waals surface area (Å²) in [6, 6.07) is 10.1. The Hall–Kier alpha value is -3.25. The second-order valence-corrected chi connectivity index (χ2v) is 6.44. The highest BCUT2D eigenvalue weighted by Gasteiger charge is 2.33. The highest BCUT2D eigenvalue weighted by molar-refractivity contribution is 6.31. The molecule has 2 aromatic carbocycles. The van der Waals surface area contributed by atoms with Crippen molar-refractivity contribution in [2.45, 2.75) is 13.8 Å². The Labute approximate surface area is 167 Å². The van der Waals surface area contributed by atoms with Gasteiger partial charge in [-0.2, -0.15) is 5.10 Å². The smallest absolute Gasteiger partial charge is 0.360 e. The van der Waals surface area contributed by atoms with Crippen LogP contribution in [0.3, 0.4) is 0 Å². The van der Waals surface area contributed by atoms with Gasteiger partial charge in [0.05, 0.1) is 12.8 Å². The molecule has 0 bridgehead atoms. The van der Waals surface area contributed by atoms with Crippen LogP contribution in [-0.4, -0.2) is 34.5 Å². The van der Waals surface area contributed by atoms with Gasteiger partial charge in [-0.3, -0.25) is 0 Å². The average Bonchev–Trinajstić information content (AvgIpc) is 2.67. The topological polar surface area (TPSA) is 82.4 Å². The van der Waals surface area contributed by atoms with Gasteiger partial charge in [0.15, 0.2) is 11.5 Å². The molecule has 3 rings (SSSR count). The van der Waals surface area contributed by atoms with Crippen molar-refractivity contribution in [3.63, 3.8) is 0 Å². The molecule has 7 heteroatoms. The fourth-order valence-corrected chi connectivity index (χ4v) is 3.37. The molecule has 1 aliphatic heterocycles. The number of aromatic hydroxyl groups is 1. The fourth-order valence-electron chi connectivity index (χ4n) is 3.14. The second-order valence-electron chi connectivity index (χ2n) is 6.01. The third kappa shape index (κ3) is 3.34. The van der Waals surface area contributed by atoms with E-state index >= 15 is 0 Å². The van der Waals surface area contributed by atoms with E-state index < -0.39 is 5.97 Å². The van der Waals surface area contributed by atoms with Crippen molar-refractivity contribution >= 4 is 35.2 Å². The van der Waals surface area contributed by atoms with Crippen LogP contribution in [0.5, 0.6) is 5.75 Å². The minimum Gasteiger partial charge on any atom is -0.508 e. The molecule has 0 atom stereocenters. The molecule has 0 spiro atoms. The number of aliphatic hydroxyl groups is 1. The predicted molar refractivity (Wildman–Crippen MR) is 110 cm³/mol. The molecule has 0 saturated carbocycles. The Morgan fingerprint density at radius 3 is 2.46 bits per heavy atom. The summed E-state index contributed by atoms with van der Waals surface area (Å²) in [5.74, 6) is -0.866. The Kier molecular flexibility index (Phi) is 5.42. The van der Waals surface area contributed by atoms with Crippen LogP contribution in [0.1, 0.15) is 25.0 Å². The number of phenols is 1. The molecule has 0 aromatic heterocycles. The van der Waals surface area contributed by atoms with E-state index in [0.29, 0.717) is 21.8 Å². The zero-order valence-corrected chi connectivity index (χ0v) is 16.4. The zero-order valence-electron chi connectivity index (χ0n) is 15.6. The Balaban J connectivity index is 2.26. The summed E-state index contributed by atoms with van der Waals surface area (Å²) < 4.78 is 4.82. The number of phenolic OH excluding ortho intramolecular Hbond substituents is 1. The Morgan fingerprint density at radius 1 is 1.11 bits per heavy atom. The molecule has 0 unspecified atom stereocenters. The number of benzene rings is 2. The van der Waals surface area contributed by atoms with Gasteiger partial charge >= 0.3 is 5.97 Å². The van der Waals surface area contributed by atoms with Crippen molar-refractivity contribution in [3.05, 3.63) is 64.3 Å². The summed E-state index contributed by atoms with van der Waals surface area (Å²) in [4.78, 5) is 12.3. The number of methoxy groups -OCH3 is 1. The predicted octanol–water partition coefficient (Wildman–Crippen LogP) is 4.79. The van der Waals surface area contributed by atoms with Crippen LogP contribution < -0.4 is 0 Å². The van der Waals surface area contributed by atoms with Crippen LogP contribution in [0, 0.1) is 0 Å². The van der Waals surface area contributed by atoms with E-state index in [9.17, 15) is 15.0 Å². The van der Waals surface area contributed by atoms with Gasteiger partial charge < -0.3 is 14.9 Å². The highest BCUT2D eigenvalue weighted by Crippen LogP contribution is 2.40. The minimum atomic E-state index is -0.697. The molecule has 0 radical (unpaired) electrons. The molecular formula is C21H19ClN2O4. The molecule has 1 heterocycles. The lowest BCUT2D eigenvalue weighted by Gasteiger charge is -2.30. The van der Waals surface area contributed by atoms with E-state index in [0.717, 1.165) is 11.1 Å². The molecule has 0 aliphatic carbocycles. The van der Waals surface area contributed by atoms with Gasteiger partial charge in [-0.15, -0.1) is 0 Å². The van der Waals surface area contributed by atoms with Crippen molar-refractivity contribution in [2.75, 3.05) is 7.11 Å². The second kappa shape index (κ2) is 7.78. The third-order valence-electron chi connectivity index (χ3n) is 4.31. The van der Waals surface area contributed by atoms with Crippen LogP contribution in [0.25, 0.3) is 22.6 Å². The Morgan fingerprint density at radius 2 is 1.86 bits per heavy atom. The first-order chi connectivity index (χ1) is 13.4. The first-order valence-corrected chi connectivity index (χ1v) is 8.90. The van der Waals surface area contributed by atoms with Crippen molar-refractivity contribution in [1.29, 1.82) is 0 Å². The van der Waals surface area contributed by atoms with Gasteiger partial charge in [0.25, 0.3) is 0 Å². The maximum absolute atomic E-state index is 12.3. The molecule has 2 N–H and O–H groups in total. The average molecular weight is 399 g/mol. The highest BCUT2D eigenvalue weighted by atomic mass is 35.5. The van der Waals surface area contributed by atoms with Gasteiger partial charge in [-0.1, -0.05) is 23.7 Å². The number of carbonyl (C=O) groups is 1. The maximum Gasteiger partial charge on any atom is 0.360 e. The lowest BCUT2D eigenvalue weighted by molar-refractivity contribution is -0.137. The van der Waals surface area contributed by atoms with E-state index in [1.807, 2.05) is 13.0 Å². The van der Waals surface area contributed by atoms with Crippen LogP contribution >= 0.6 is 11.6 Å². The number of aliphatic hydroxyl groups excluding tert-OH is 1. The molecule has 2 aromatic rings. The lowest BCUT2D eigenvalue weighted by atomic mass is 9.92. The van der Waals surface area contributed by atoms with Crippen molar-refractivity contribution in [3.8, 4) is 16.9 Å². The van der Waals surface area contributed by atoms with Crippen LogP contribution in [-0.2, 0) is 9.53 Å². The van der Waals surface area contributed by atoms with E-state index in [2.05, 4.69) is 5.10 Å². The van der Waals surface area contributed by atoms with E-state index in [1.165, 1.54) is 24.4 Å².